The van der Waals surface area contributed by atoms with Crippen LogP contribution in [0.15, 0.2) is 42.7 Å². The lowest BCUT2D eigenvalue weighted by Crippen LogP contribution is -2.49. The molecule has 0 aliphatic heterocycles. The number of benzene rings is 1. The number of nitrogens with one attached hydrogen (secondary N) is 1. The van der Waals surface area contributed by atoms with Crippen molar-refractivity contribution in [1.29, 1.82) is 0 Å². The van der Waals surface area contributed by atoms with Crippen molar-refractivity contribution in [3.05, 3.63) is 54.1 Å². The summed E-state index contributed by atoms with van der Waals surface area (Å²) in [6.07, 6.45) is 4.61. The van der Waals surface area contributed by atoms with Crippen LogP contribution < -0.4 is 11.1 Å². The molecule has 5 nitrogen and oxygen atoms in total. The number of halogens is 2. The predicted octanol–water partition coefficient (Wildman–Crippen LogP) is 2.32. The maximum absolute atomic E-state index is 11.8. The average Bonchev–Trinajstić information content (AvgIpc) is 2.90. The molecule has 7 heteroatoms. The molecule has 3 N–H and O–H groups in total. The monoisotopic (exact) mass is 358 g/mol. The minimum Gasteiger partial charge on any atom is -0.347 e. The molecule has 1 amide bonds. The topological polar surface area (TPSA) is 72.9 Å². The van der Waals surface area contributed by atoms with E-state index in [9.17, 15) is 4.79 Å². The number of aromatic nitrogens is 2. The highest BCUT2D eigenvalue weighted by Gasteiger charge is 2.21. The second-order valence-electron chi connectivity index (χ2n) is 5.68. The molecular formula is C16H24Cl2N4O. The molecule has 0 saturated heterocycles. The molecule has 0 saturated carbocycles. The van der Waals surface area contributed by atoms with Gasteiger partial charge in [-0.05, 0) is 25.8 Å². The van der Waals surface area contributed by atoms with E-state index in [1.54, 1.807) is 20.0 Å². The van der Waals surface area contributed by atoms with Gasteiger partial charge in [0.1, 0.15) is 5.82 Å². The van der Waals surface area contributed by atoms with Gasteiger partial charge in [0, 0.05) is 18.9 Å². The van der Waals surface area contributed by atoms with E-state index in [0.717, 1.165) is 18.8 Å². The largest absolute Gasteiger partial charge is 0.347 e. The number of amides is 1. The van der Waals surface area contributed by atoms with Gasteiger partial charge in [-0.15, -0.1) is 24.8 Å². The molecule has 1 aromatic carbocycles. The van der Waals surface area contributed by atoms with E-state index < -0.39 is 5.54 Å². The van der Waals surface area contributed by atoms with Crippen LogP contribution in [0.4, 0.5) is 0 Å². The zero-order valence-corrected chi connectivity index (χ0v) is 15.0. The first-order chi connectivity index (χ1) is 9.97. The van der Waals surface area contributed by atoms with E-state index in [1.807, 2.05) is 24.4 Å². The second kappa shape index (κ2) is 9.55. The number of aryl methyl sites for hydroxylation is 2. The van der Waals surface area contributed by atoms with E-state index in [0.29, 0.717) is 6.54 Å². The van der Waals surface area contributed by atoms with Crippen LogP contribution in [-0.4, -0.2) is 21.0 Å². The molecular weight excluding hydrogens is 335 g/mol. The van der Waals surface area contributed by atoms with Crippen molar-refractivity contribution < 1.29 is 4.79 Å². The predicted molar refractivity (Wildman–Crippen MR) is 97.0 cm³/mol. The lowest BCUT2D eigenvalue weighted by Gasteiger charge is -2.18. The van der Waals surface area contributed by atoms with Crippen molar-refractivity contribution in [3.8, 4) is 0 Å². The number of carbonyl (C=O) groups is 1. The van der Waals surface area contributed by atoms with Crippen LogP contribution in [0, 0.1) is 0 Å². The third-order valence-corrected chi connectivity index (χ3v) is 3.28. The van der Waals surface area contributed by atoms with Crippen LogP contribution in [0.2, 0.25) is 0 Å². The molecule has 0 bridgehead atoms. The Morgan fingerprint density at radius 2 is 1.91 bits per heavy atom. The molecule has 0 spiro atoms. The fourth-order valence-corrected chi connectivity index (χ4v) is 1.99. The third kappa shape index (κ3) is 6.60. The van der Waals surface area contributed by atoms with Gasteiger partial charge in [-0.1, -0.05) is 30.3 Å². The zero-order valence-electron chi connectivity index (χ0n) is 13.4. The Bertz CT molecular complexity index is 594. The molecule has 0 fully saturated rings. The van der Waals surface area contributed by atoms with Gasteiger partial charge in [-0.25, -0.2) is 4.98 Å². The number of hydrogen-bond donors (Lipinski definition) is 2. The first-order valence-corrected chi connectivity index (χ1v) is 7.08. The Labute approximate surface area is 149 Å². The summed E-state index contributed by atoms with van der Waals surface area (Å²) in [6, 6.07) is 10.3. The highest BCUT2D eigenvalue weighted by atomic mass is 35.5. The van der Waals surface area contributed by atoms with Crippen molar-refractivity contribution in [1.82, 2.24) is 14.9 Å². The first-order valence-electron chi connectivity index (χ1n) is 7.08. The lowest BCUT2D eigenvalue weighted by molar-refractivity contribution is -0.125. The van der Waals surface area contributed by atoms with Crippen LogP contribution in [0.5, 0.6) is 0 Å². The average molecular weight is 359 g/mol. The quantitative estimate of drug-likeness (QED) is 0.831. The number of nitrogens with two attached hydrogens (primary N) is 1. The van der Waals surface area contributed by atoms with Gasteiger partial charge >= 0.3 is 0 Å². The van der Waals surface area contributed by atoms with Crippen LogP contribution in [-0.2, 0) is 24.3 Å². The smallest absolute Gasteiger partial charge is 0.239 e. The van der Waals surface area contributed by atoms with Gasteiger partial charge < -0.3 is 15.6 Å². The van der Waals surface area contributed by atoms with E-state index in [2.05, 4.69) is 27.0 Å². The maximum atomic E-state index is 11.8. The highest BCUT2D eigenvalue weighted by Crippen LogP contribution is 2.05. The molecule has 0 aliphatic rings. The third-order valence-electron chi connectivity index (χ3n) is 3.28. The van der Waals surface area contributed by atoms with Gasteiger partial charge in [0.05, 0.1) is 12.1 Å². The van der Waals surface area contributed by atoms with Crippen LogP contribution >= 0.6 is 24.8 Å². The van der Waals surface area contributed by atoms with Crippen LogP contribution in [0.3, 0.4) is 0 Å². The number of rotatable bonds is 6. The summed E-state index contributed by atoms with van der Waals surface area (Å²) in [6.45, 7) is 4.59. The minimum atomic E-state index is -0.874. The molecule has 0 radical (unpaired) electrons. The summed E-state index contributed by atoms with van der Waals surface area (Å²) in [5, 5.41) is 2.82. The van der Waals surface area contributed by atoms with Crippen molar-refractivity contribution in [3.63, 3.8) is 0 Å². The molecule has 0 unspecified atom stereocenters. The van der Waals surface area contributed by atoms with Crippen molar-refractivity contribution >= 4 is 30.7 Å². The zero-order chi connectivity index (χ0) is 15.3. The first kappa shape index (κ1) is 21.4. The summed E-state index contributed by atoms with van der Waals surface area (Å²) < 4.78 is 2.05. The van der Waals surface area contributed by atoms with E-state index in [1.165, 1.54) is 5.56 Å². The molecule has 0 aliphatic carbocycles. The van der Waals surface area contributed by atoms with Gasteiger partial charge in [0.2, 0.25) is 5.91 Å². The molecule has 2 aromatic rings. The van der Waals surface area contributed by atoms with Crippen LogP contribution in [0.25, 0.3) is 0 Å². The van der Waals surface area contributed by atoms with Crippen molar-refractivity contribution in [2.24, 2.45) is 5.73 Å². The van der Waals surface area contributed by atoms with Gasteiger partial charge in [-0.2, -0.15) is 0 Å². The standard InChI is InChI=1S/C16H22N4O.2ClH/c1-16(2,17)15(21)19-12-14-18-9-11-20(14)10-8-13-6-4-3-5-7-13;;/h3-7,9,11H,8,10,12,17H2,1-2H3,(H,19,21);2*1H. The SMILES string of the molecule is CC(C)(N)C(=O)NCc1nccn1CCc1ccccc1.Cl.Cl. The molecule has 23 heavy (non-hydrogen) atoms. The lowest BCUT2D eigenvalue weighted by atomic mass is 10.1. The summed E-state index contributed by atoms with van der Waals surface area (Å²) in [7, 11) is 0. The summed E-state index contributed by atoms with van der Waals surface area (Å²) in [4.78, 5) is 16.1. The van der Waals surface area contributed by atoms with Crippen LogP contribution in [0.1, 0.15) is 25.2 Å². The number of hydrogen-bond acceptors (Lipinski definition) is 3. The van der Waals surface area contributed by atoms with E-state index in [-0.39, 0.29) is 30.7 Å². The molecule has 1 heterocycles. The second-order valence-corrected chi connectivity index (χ2v) is 5.68. The summed E-state index contributed by atoms with van der Waals surface area (Å²) >= 11 is 0. The Balaban J connectivity index is 0.00000242. The summed E-state index contributed by atoms with van der Waals surface area (Å²) in [5.74, 6) is 0.656. The Morgan fingerprint density at radius 3 is 2.52 bits per heavy atom. The summed E-state index contributed by atoms with van der Waals surface area (Å²) in [5.41, 5.74) is 6.16. The minimum absolute atomic E-state index is 0. The molecule has 128 valence electrons. The molecule has 1 aromatic heterocycles. The van der Waals surface area contributed by atoms with Crippen molar-refractivity contribution in [2.75, 3.05) is 0 Å². The molecule has 0 atom stereocenters. The Kier molecular flexibility index (Phi) is 8.90. The Hall–Kier alpha value is -1.56. The van der Waals surface area contributed by atoms with Gasteiger partial charge in [0.15, 0.2) is 0 Å². The van der Waals surface area contributed by atoms with E-state index >= 15 is 0 Å². The highest BCUT2D eigenvalue weighted by molar-refractivity contribution is 5.85. The van der Waals surface area contributed by atoms with E-state index in [4.69, 9.17) is 5.73 Å². The fraction of sp³-hybridized carbons (Fsp3) is 0.375. The Morgan fingerprint density at radius 1 is 1.26 bits per heavy atom. The molecule has 2 rings (SSSR count). The van der Waals surface area contributed by atoms with Gasteiger partial charge in [-0.3, -0.25) is 4.79 Å². The fourth-order valence-electron chi connectivity index (χ4n) is 1.99. The normalized spacial score (nSPS) is 10.4. The van der Waals surface area contributed by atoms with Crippen molar-refractivity contribution in [2.45, 2.75) is 38.9 Å². The maximum Gasteiger partial charge on any atom is 0.239 e. The van der Waals surface area contributed by atoms with Gasteiger partial charge in [0.25, 0.3) is 0 Å². The number of nitrogens with zero attached hydrogens (tertiary/aromatic N) is 2. The number of carbonyl (C=O) groups excluding carboxylic acids is 1. The number of imidazole rings is 1.